The van der Waals surface area contributed by atoms with Gasteiger partial charge in [0.15, 0.2) is 0 Å². The molecular weight excluding hydrogens is 286 g/mol. The Labute approximate surface area is 120 Å². The predicted molar refractivity (Wildman–Crippen MR) is 74.7 cm³/mol. The highest BCUT2D eigenvalue weighted by Gasteiger charge is 2.18. The van der Waals surface area contributed by atoms with Crippen LogP contribution < -0.4 is 5.32 Å². The van der Waals surface area contributed by atoms with Gasteiger partial charge in [0.25, 0.3) is 0 Å². The zero-order valence-electron chi connectivity index (χ0n) is 10.4. The summed E-state index contributed by atoms with van der Waals surface area (Å²) in [6.45, 7) is 2.43. The predicted octanol–water partition coefficient (Wildman–Crippen LogP) is 3.09. The molecule has 0 saturated heterocycles. The molecule has 0 saturated carbocycles. The minimum atomic E-state index is -0.874. The number of thiophene rings is 1. The van der Waals surface area contributed by atoms with Crippen molar-refractivity contribution in [3.8, 4) is 0 Å². The first kappa shape index (κ1) is 14.1. The van der Waals surface area contributed by atoms with Crippen molar-refractivity contribution < 1.29 is 14.3 Å². The molecule has 1 atom stereocenters. The fraction of sp³-hybridized carbons (Fsp3) is 0.308. The molecule has 2 aromatic heterocycles. The highest BCUT2D eigenvalue weighted by molar-refractivity contribution is 7.16. The highest BCUT2D eigenvalue weighted by atomic mass is 35.5. The smallest absolute Gasteiger partial charge is 0.321 e. The van der Waals surface area contributed by atoms with Crippen LogP contribution in [0.3, 0.4) is 0 Å². The fourth-order valence-corrected chi connectivity index (χ4v) is 2.92. The van der Waals surface area contributed by atoms with Gasteiger partial charge in [0.1, 0.15) is 6.04 Å². The topological polar surface area (TPSA) is 62.5 Å². The van der Waals surface area contributed by atoms with E-state index < -0.39 is 12.0 Å². The van der Waals surface area contributed by atoms with Gasteiger partial charge in [0.05, 0.1) is 16.9 Å². The molecular formula is C13H14ClNO3S. The van der Waals surface area contributed by atoms with E-state index >= 15 is 0 Å². The van der Waals surface area contributed by atoms with Crippen molar-refractivity contribution in [2.24, 2.45) is 0 Å². The molecule has 2 N–H and O–H groups in total. The lowest BCUT2D eigenvalue weighted by Crippen LogP contribution is -2.37. The second-order valence-corrected chi connectivity index (χ2v) is 6.02. The Morgan fingerprint density at radius 3 is 2.95 bits per heavy atom. The molecule has 0 radical (unpaired) electrons. The van der Waals surface area contributed by atoms with Gasteiger partial charge in [-0.05, 0) is 30.2 Å². The van der Waals surface area contributed by atoms with Crippen molar-refractivity contribution in [1.29, 1.82) is 0 Å². The Morgan fingerprint density at radius 1 is 1.63 bits per heavy atom. The number of aliphatic carboxylic acids is 1. The van der Waals surface area contributed by atoms with Crippen LogP contribution >= 0.6 is 22.9 Å². The van der Waals surface area contributed by atoms with Crippen LogP contribution in [-0.2, 0) is 17.8 Å². The molecule has 19 heavy (non-hydrogen) atoms. The van der Waals surface area contributed by atoms with E-state index in [4.69, 9.17) is 16.0 Å². The number of hydrogen-bond donors (Lipinski definition) is 2. The third-order valence-corrected chi connectivity index (χ3v) is 4.30. The van der Waals surface area contributed by atoms with Crippen LogP contribution in [0.4, 0.5) is 0 Å². The quantitative estimate of drug-likeness (QED) is 0.860. The summed E-state index contributed by atoms with van der Waals surface area (Å²) < 4.78 is 5.69. The Balaban J connectivity index is 1.95. The number of rotatable bonds is 6. The number of carboxylic acids is 1. The molecule has 2 rings (SSSR count). The molecule has 0 fully saturated rings. The molecule has 0 bridgehead atoms. The van der Waals surface area contributed by atoms with E-state index in [2.05, 4.69) is 5.32 Å². The second kappa shape index (κ2) is 6.23. The van der Waals surface area contributed by atoms with Gasteiger partial charge >= 0.3 is 5.97 Å². The Hall–Kier alpha value is -1.30. The van der Waals surface area contributed by atoms with Gasteiger partial charge in [-0.15, -0.1) is 11.3 Å². The van der Waals surface area contributed by atoms with Crippen molar-refractivity contribution in [3.05, 3.63) is 45.0 Å². The molecule has 6 heteroatoms. The maximum Gasteiger partial charge on any atom is 0.321 e. The molecule has 0 aliphatic carbocycles. The van der Waals surface area contributed by atoms with Gasteiger partial charge in [-0.2, -0.15) is 0 Å². The van der Waals surface area contributed by atoms with Crippen molar-refractivity contribution in [1.82, 2.24) is 5.32 Å². The molecule has 0 amide bonds. The van der Waals surface area contributed by atoms with Gasteiger partial charge in [0, 0.05) is 17.8 Å². The molecule has 102 valence electrons. The number of halogens is 1. The van der Waals surface area contributed by atoms with Gasteiger partial charge in [-0.1, -0.05) is 11.6 Å². The SMILES string of the molecule is Cc1cc(CNC(Cc2ccoc2)C(=O)O)sc1Cl. The maximum absolute atomic E-state index is 11.2. The Morgan fingerprint density at radius 2 is 2.42 bits per heavy atom. The van der Waals surface area contributed by atoms with E-state index in [1.54, 1.807) is 12.3 Å². The Kier molecular flexibility index (Phi) is 4.63. The molecule has 0 spiro atoms. The maximum atomic E-state index is 11.2. The van der Waals surface area contributed by atoms with Crippen LogP contribution in [-0.4, -0.2) is 17.1 Å². The number of carbonyl (C=O) groups is 1. The summed E-state index contributed by atoms with van der Waals surface area (Å²) in [7, 11) is 0. The number of aryl methyl sites for hydroxylation is 1. The minimum Gasteiger partial charge on any atom is -0.480 e. The summed E-state index contributed by atoms with van der Waals surface area (Å²) in [4.78, 5) is 12.2. The summed E-state index contributed by atoms with van der Waals surface area (Å²) in [5, 5.41) is 12.2. The first-order chi connectivity index (χ1) is 9.06. The summed E-state index contributed by atoms with van der Waals surface area (Å²) in [6, 6.07) is 3.10. The van der Waals surface area contributed by atoms with E-state index in [9.17, 15) is 9.90 Å². The van der Waals surface area contributed by atoms with Gasteiger partial charge < -0.3 is 9.52 Å². The van der Waals surface area contributed by atoms with Crippen LogP contribution in [0.1, 0.15) is 16.0 Å². The molecule has 0 aliphatic rings. The standard InChI is InChI=1S/C13H14ClNO3S/c1-8-4-10(19-12(8)14)6-15-11(13(16)17)5-9-2-3-18-7-9/h2-4,7,11,15H,5-6H2,1H3,(H,16,17). The molecule has 0 aromatic carbocycles. The average Bonchev–Trinajstić information content (AvgIpc) is 2.95. The minimum absolute atomic E-state index is 0.393. The van der Waals surface area contributed by atoms with Crippen molar-refractivity contribution in [3.63, 3.8) is 0 Å². The monoisotopic (exact) mass is 299 g/mol. The molecule has 2 heterocycles. The van der Waals surface area contributed by atoms with Crippen LogP contribution in [0, 0.1) is 6.92 Å². The van der Waals surface area contributed by atoms with Crippen LogP contribution in [0.5, 0.6) is 0 Å². The van der Waals surface area contributed by atoms with E-state index in [0.717, 1.165) is 20.3 Å². The zero-order chi connectivity index (χ0) is 13.8. The van der Waals surface area contributed by atoms with Crippen LogP contribution in [0.2, 0.25) is 4.34 Å². The lowest BCUT2D eigenvalue weighted by Gasteiger charge is -2.12. The van der Waals surface area contributed by atoms with E-state index in [1.165, 1.54) is 17.6 Å². The van der Waals surface area contributed by atoms with Gasteiger partial charge in [0.2, 0.25) is 0 Å². The van der Waals surface area contributed by atoms with Crippen LogP contribution in [0.25, 0.3) is 0 Å². The fourth-order valence-electron chi connectivity index (χ4n) is 1.73. The van der Waals surface area contributed by atoms with E-state index in [1.807, 2.05) is 13.0 Å². The third-order valence-electron chi connectivity index (χ3n) is 2.75. The molecule has 2 aromatic rings. The first-order valence-electron chi connectivity index (χ1n) is 5.78. The largest absolute Gasteiger partial charge is 0.480 e. The second-order valence-electron chi connectivity index (χ2n) is 4.28. The molecule has 4 nitrogen and oxygen atoms in total. The first-order valence-corrected chi connectivity index (χ1v) is 6.98. The van der Waals surface area contributed by atoms with E-state index in [0.29, 0.717) is 13.0 Å². The number of hydrogen-bond acceptors (Lipinski definition) is 4. The van der Waals surface area contributed by atoms with Crippen molar-refractivity contribution in [2.75, 3.05) is 0 Å². The average molecular weight is 300 g/mol. The third kappa shape index (κ3) is 3.83. The number of nitrogens with one attached hydrogen (secondary N) is 1. The Bertz CT molecular complexity index is 531. The molecule has 1 unspecified atom stereocenters. The normalized spacial score (nSPS) is 12.5. The zero-order valence-corrected chi connectivity index (χ0v) is 11.9. The van der Waals surface area contributed by atoms with Gasteiger partial charge in [-0.3, -0.25) is 10.1 Å². The van der Waals surface area contributed by atoms with E-state index in [-0.39, 0.29) is 0 Å². The van der Waals surface area contributed by atoms with Crippen LogP contribution in [0.15, 0.2) is 29.1 Å². The van der Waals surface area contributed by atoms with Crippen molar-refractivity contribution in [2.45, 2.75) is 25.9 Å². The van der Waals surface area contributed by atoms with Crippen molar-refractivity contribution >= 4 is 28.9 Å². The summed E-state index contributed by atoms with van der Waals surface area (Å²) in [5.41, 5.74) is 1.88. The number of carboxylic acid groups (broad SMARTS) is 1. The lowest BCUT2D eigenvalue weighted by molar-refractivity contribution is -0.139. The lowest BCUT2D eigenvalue weighted by atomic mass is 10.1. The summed E-state index contributed by atoms with van der Waals surface area (Å²) >= 11 is 7.45. The summed E-state index contributed by atoms with van der Waals surface area (Å²) in [5.74, 6) is -0.874. The number of furan rings is 1. The summed E-state index contributed by atoms with van der Waals surface area (Å²) in [6.07, 6.45) is 3.49. The molecule has 0 aliphatic heterocycles. The highest BCUT2D eigenvalue weighted by Crippen LogP contribution is 2.26. The van der Waals surface area contributed by atoms with Gasteiger partial charge in [-0.25, -0.2) is 0 Å².